The van der Waals surface area contributed by atoms with Gasteiger partial charge in [0.15, 0.2) is 0 Å². The van der Waals surface area contributed by atoms with Gasteiger partial charge in [0.2, 0.25) is 5.91 Å². The van der Waals surface area contributed by atoms with Crippen LogP contribution in [0.4, 0.5) is 5.69 Å². The van der Waals surface area contributed by atoms with E-state index >= 15 is 0 Å². The van der Waals surface area contributed by atoms with E-state index < -0.39 is 0 Å². The van der Waals surface area contributed by atoms with Gasteiger partial charge in [0, 0.05) is 36.8 Å². The lowest BCUT2D eigenvalue weighted by atomic mass is 10.1. The van der Waals surface area contributed by atoms with Gasteiger partial charge >= 0.3 is 0 Å². The molecule has 130 valence electrons. The quantitative estimate of drug-likeness (QED) is 0.705. The van der Waals surface area contributed by atoms with Crippen molar-refractivity contribution in [1.29, 1.82) is 0 Å². The predicted molar refractivity (Wildman–Crippen MR) is 96.6 cm³/mol. The third-order valence-corrected chi connectivity index (χ3v) is 3.58. The Hall–Kier alpha value is -3.15. The molecule has 6 nitrogen and oxygen atoms in total. The van der Waals surface area contributed by atoms with Crippen molar-refractivity contribution < 1.29 is 14.4 Å². The van der Waals surface area contributed by atoms with Crippen LogP contribution in [0, 0.1) is 6.92 Å². The van der Waals surface area contributed by atoms with E-state index in [0.717, 1.165) is 5.56 Å². The first-order valence-electron chi connectivity index (χ1n) is 7.97. The molecular weight excluding hydrogens is 318 g/mol. The summed E-state index contributed by atoms with van der Waals surface area (Å²) in [7, 11) is 0. The van der Waals surface area contributed by atoms with Crippen molar-refractivity contribution in [3.63, 3.8) is 0 Å². The third kappa shape index (κ3) is 5.46. The number of carbonyl (C=O) groups excluding carboxylic acids is 3. The zero-order valence-electron chi connectivity index (χ0n) is 14.3. The van der Waals surface area contributed by atoms with Gasteiger partial charge in [-0.15, -0.1) is 0 Å². The summed E-state index contributed by atoms with van der Waals surface area (Å²) in [6, 6.07) is 14.0. The van der Waals surface area contributed by atoms with Gasteiger partial charge in [-0.3, -0.25) is 14.4 Å². The number of amides is 3. The molecule has 0 aliphatic rings. The van der Waals surface area contributed by atoms with Gasteiger partial charge < -0.3 is 16.0 Å². The standard InChI is InChI=1S/C19H21N3O3/c1-13-5-3-4-6-17(13)19(25)22-16-9-7-15(8-10-16)18(24)21-12-11-20-14(2)23/h3-10H,11-12H2,1-2H3,(H,20,23)(H,21,24)(H,22,25). The van der Waals surface area contributed by atoms with E-state index in [9.17, 15) is 14.4 Å². The summed E-state index contributed by atoms with van der Waals surface area (Å²) >= 11 is 0. The number of hydrogen-bond donors (Lipinski definition) is 3. The van der Waals surface area contributed by atoms with Gasteiger partial charge in [0.1, 0.15) is 0 Å². The maximum absolute atomic E-state index is 12.3. The Morgan fingerprint density at radius 2 is 1.48 bits per heavy atom. The Kier molecular flexibility index (Phi) is 6.28. The van der Waals surface area contributed by atoms with Crippen LogP contribution >= 0.6 is 0 Å². The molecule has 0 aliphatic carbocycles. The van der Waals surface area contributed by atoms with Crippen LogP contribution in [-0.2, 0) is 4.79 Å². The Bertz CT molecular complexity index is 770. The lowest BCUT2D eigenvalue weighted by Gasteiger charge is -2.09. The van der Waals surface area contributed by atoms with Crippen LogP contribution in [0.25, 0.3) is 0 Å². The van der Waals surface area contributed by atoms with E-state index in [2.05, 4.69) is 16.0 Å². The number of benzene rings is 2. The van der Waals surface area contributed by atoms with Crippen LogP contribution < -0.4 is 16.0 Å². The molecule has 0 aliphatic heterocycles. The maximum atomic E-state index is 12.3. The van der Waals surface area contributed by atoms with Crippen molar-refractivity contribution >= 4 is 23.4 Å². The van der Waals surface area contributed by atoms with Gasteiger partial charge in [0.25, 0.3) is 11.8 Å². The molecule has 0 bridgehead atoms. The molecule has 0 fully saturated rings. The fourth-order valence-corrected chi connectivity index (χ4v) is 2.25. The molecule has 0 heterocycles. The van der Waals surface area contributed by atoms with Crippen LogP contribution in [0.15, 0.2) is 48.5 Å². The van der Waals surface area contributed by atoms with E-state index in [1.54, 1.807) is 30.3 Å². The van der Waals surface area contributed by atoms with Crippen molar-refractivity contribution in [2.45, 2.75) is 13.8 Å². The topological polar surface area (TPSA) is 87.3 Å². The zero-order chi connectivity index (χ0) is 18.2. The average molecular weight is 339 g/mol. The van der Waals surface area contributed by atoms with E-state index in [4.69, 9.17) is 0 Å². The van der Waals surface area contributed by atoms with Crippen LogP contribution in [-0.4, -0.2) is 30.8 Å². The fraction of sp³-hybridized carbons (Fsp3) is 0.211. The van der Waals surface area contributed by atoms with Gasteiger partial charge in [-0.2, -0.15) is 0 Å². The monoisotopic (exact) mass is 339 g/mol. The molecule has 3 amide bonds. The first-order valence-corrected chi connectivity index (χ1v) is 7.97. The van der Waals surface area contributed by atoms with E-state index in [0.29, 0.717) is 29.9 Å². The molecule has 0 unspecified atom stereocenters. The molecule has 25 heavy (non-hydrogen) atoms. The molecule has 2 rings (SSSR count). The molecule has 0 spiro atoms. The lowest BCUT2D eigenvalue weighted by molar-refractivity contribution is -0.118. The largest absolute Gasteiger partial charge is 0.355 e. The minimum atomic E-state index is -0.234. The molecule has 0 saturated heterocycles. The van der Waals surface area contributed by atoms with E-state index in [1.807, 2.05) is 25.1 Å². The minimum absolute atomic E-state index is 0.136. The van der Waals surface area contributed by atoms with Gasteiger partial charge in [-0.25, -0.2) is 0 Å². The second-order valence-corrected chi connectivity index (χ2v) is 5.59. The minimum Gasteiger partial charge on any atom is -0.355 e. The molecule has 0 saturated carbocycles. The number of aryl methyl sites for hydroxylation is 1. The van der Waals surface area contributed by atoms with Gasteiger partial charge in [-0.1, -0.05) is 18.2 Å². The van der Waals surface area contributed by atoms with Crippen molar-refractivity contribution in [2.75, 3.05) is 18.4 Å². The summed E-state index contributed by atoms with van der Waals surface area (Å²) in [5.41, 5.74) is 2.61. The Labute approximate surface area is 146 Å². The molecule has 3 N–H and O–H groups in total. The van der Waals surface area contributed by atoms with Gasteiger partial charge in [0.05, 0.1) is 0 Å². The number of carbonyl (C=O) groups is 3. The molecular formula is C19H21N3O3. The smallest absolute Gasteiger partial charge is 0.255 e. The molecule has 0 radical (unpaired) electrons. The molecule has 6 heteroatoms. The second-order valence-electron chi connectivity index (χ2n) is 5.59. The van der Waals surface area contributed by atoms with Crippen LogP contribution in [0.5, 0.6) is 0 Å². The molecule has 2 aromatic rings. The lowest BCUT2D eigenvalue weighted by Crippen LogP contribution is -2.33. The summed E-state index contributed by atoms with van der Waals surface area (Å²) in [5.74, 6) is -0.560. The Morgan fingerprint density at radius 3 is 2.12 bits per heavy atom. The summed E-state index contributed by atoms with van der Waals surface area (Å²) in [6.07, 6.45) is 0. The maximum Gasteiger partial charge on any atom is 0.255 e. The van der Waals surface area contributed by atoms with Crippen LogP contribution in [0.1, 0.15) is 33.2 Å². The van der Waals surface area contributed by atoms with E-state index in [1.165, 1.54) is 6.92 Å². The fourth-order valence-electron chi connectivity index (χ4n) is 2.25. The zero-order valence-corrected chi connectivity index (χ0v) is 14.3. The predicted octanol–water partition coefficient (Wildman–Crippen LogP) is 2.11. The average Bonchev–Trinajstić information content (AvgIpc) is 2.59. The first kappa shape index (κ1) is 18.2. The molecule has 2 aromatic carbocycles. The highest BCUT2D eigenvalue weighted by molar-refractivity contribution is 6.05. The summed E-state index contributed by atoms with van der Waals surface area (Å²) < 4.78 is 0. The highest BCUT2D eigenvalue weighted by atomic mass is 16.2. The molecule has 0 atom stereocenters. The number of anilines is 1. The normalized spacial score (nSPS) is 10.0. The third-order valence-electron chi connectivity index (χ3n) is 3.58. The van der Waals surface area contributed by atoms with Crippen molar-refractivity contribution in [2.24, 2.45) is 0 Å². The number of nitrogens with one attached hydrogen (secondary N) is 3. The highest BCUT2D eigenvalue weighted by Crippen LogP contribution is 2.13. The van der Waals surface area contributed by atoms with Crippen molar-refractivity contribution in [3.05, 3.63) is 65.2 Å². The number of rotatable bonds is 6. The van der Waals surface area contributed by atoms with Crippen molar-refractivity contribution in [1.82, 2.24) is 10.6 Å². The van der Waals surface area contributed by atoms with E-state index in [-0.39, 0.29) is 17.7 Å². The molecule has 0 aromatic heterocycles. The van der Waals surface area contributed by atoms with Crippen molar-refractivity contribution in [3.8, 4) is 0 Å². The highest BCUT2D eigenvalue weighted by Gasteiger charge is 2.09. The van der Waals surface area contributed by atoms with Gasteiger partial charge in [-0.05, 0) is 42.8 Å². The van der Waals surface area contributed by atoms with Crippen LogP contribution in [0.2, 0.25) is 0 Å². The SMILES string of the molecule is CC(=O)NCCNC(=O)c1ccc(NC(=O)c2ccccc2C)cc1. The Morgan fingerprint density at radius 1 is 0.840 bits per heavy atom. The van der Waals surface area contributed by atoms with Crippen LogP contribution in [0.3, 0.4) is 0 Å². The number of hydrogen-bond acceptors (Lipinski definition) is 3. The first-order chi connectivity index (χ1) is 12.0. The summed E-state index contributed by atoms with van der Waals surface area (Å²) in [5, 5.41) is 8.12. The Balaban J connectivity index is 1.91. The summed E-state index contributed by atoms with van der Waals surface area (Å²) in [6.45, 7) is 4.03. The summed E-state index contributed by atoms with van der Waals surface area (Å²) in [4.78, 5) is 35.0. The second kappa shape index (κ2) is 8.63.